The van der Waals surface area contributed by atoms with Gasteiger partial charge in [-0.05, 0) is 47.9 Å². The molecule has 25 heavy (non-hydrogen) atoms. The molecule has 2 aromatic rings. The van der Waals surface area contributed by atoms with Crippen molar-refractivity contribution in [2.24, 2.45) is 0 Å². The minimum Gasteiger partial charge on any atom is -0.338 e. The van der Waals surface area contributed by atoms with Gasteiger partial charge >= 0.3 is 0 Å². The van der Waals surface area contributed by atoms with Crippen LogP contribution in [0.15, 0.2) is 54.6 Å². The third-order valence-electron chi connectivity index (χ3n) is 4.02. The molecule has 1 heterocycles. The van der Waals surface area contributed by atoms with Crippen LogP contribution in [-0.2, 0) is 16.1 Å². The van der Waals surface area contributed by atoms with Crippen LogP contribution in [-0.4, -0.2) is 23.3 Å². The number of benzene rings is 2. The van der Waals surface area contributed by atoms with Crippen molar-refractivity contribution < 1.29 is 9.59 Å². The number of anilines is 1. The summed E-state index contributed by atoms with van der Waals surface area (Å²) in [6.45, 7) is 1.39. The van der Waals surface area contributed by atoms with E-state index in [2.05, 4.69) is 5.32 Å². The number of nitrogens with zero attached hydrogens (tertiary/aromatic N) is 1. The maximum atomic E-state index is 12.1. The Kier molecular flexibility index (Phi) is 5.51. The van der Waals surface area contributed by atoms with E-state index in [9.17, 15) is 9.59 Å². The third-order valence-corrected chi connectivity index (χ3v) is 4.25. The minimum absolute atomic E-state index is 0.193. The van der Waals surface area contributed by atoms with Gasteiger partial charge in [0.05, 0.1) is 0 Å². The molecule has 0 spiro atoms. The standard InChI is InChI=1S/C20H19ClN2O2/c21-17-6-1-4-15(12-17)9-10-19(24)22-18-7-2-5-16(13-18)14-23-11-3-8-20(23)25/h1-2,4-7,9-10,12-13H,3,8,11,14H2,(H,22,24)/b10-9+. The lowest BCUT2D eigenvalue weighted by atomic mass is 10.2. The van der Waals surface area contributed by atoms with E-state index in [-0.39, 0.29) is 11.8 Å². The number of nitrogens with one attached hydrogen (secondary N) is 1. The topological polar surface area (TPSA) is 49.4 Å². The Bertz CT molecular complexity index is 817. The first kappa shape index (κ1) is 17.2. The van der Waals surface area contributed by atoms with Gasteiger partial charge in [0.1, 0.15) is 0 Å². The summed E-state index contributed by atoms with van der Waals surface area (Å²) in [5.41, 5.74) is 2.58. The molecule has 0 radical (unpaired) electrons. The van der Waals surface area contributed by atoms with Gasteiger partial charge in [0.15, 0.2) is 0 Å². The van der Waals surface area contributed by atoms with Gasteiger partial charge in [0.25, 0.3) is 0 Å². The van der Waals surface area contributed by atoms with Crippen molar-refractivity contribution in [1.29, 1.82) is 0 Å². The van der Waals surface area contributed by atoms with Gasteiger partial charge in [-0.3, -0.25) is 9.59 Å². The molecule has 128 valence electrons. The minimum atomic E-state index is -0.214. The van der Waals surface area contributed by atoms with E-state index in [0.29, 0.717) is 23.7 Å². The molecule has 5 heteroatoms. The predicted octanol–water partition coefficient (Wildman–Crippen LogP) is 4.11. The van der Waals surface area contributed by atoms with Crippen LogP contribution in [0.2, 0.25) is 5.02 Å². The number of hydrogen-bond donors (Lipinski definition) is 1. The molecule has 0 aliphatic carbocycles. The molecule has 3 rings (SSSR count). The molecule has 4 nitrogen and oxygen atoms in total. The van der Waals surface area contributed by atoms with Gasteiger partial charge in [-0.15, -0.1) is 0 Å². The van der Waals surface area contributed by atoms with Crippen molar-refractivity contribution in [2.45, 2.75) is 19.4 Å². The van der Waals surface area contributed by atoms with Crippen molar-refractivity contribution in [3.8, 4) is 0 Å². The first-order valence-electron chi connectivity index (χ1n) is 8.21. The van der Waals surface area contributed by atoms with Gasteiger partial charge in [0.2, 0.25) is 11.8 Å². The second-order valence-corrected chi connectivity index (χ2v) is 6.43. The van der Waals surface area contributed by atoms with Crippen molar-refractivity contribution in [2.75, 3.05) is 11.9 Å². The van der Waals surface area contributed by atoms with Crippen LogP contribution >= 0.6 is 11.6 Å². The van der Waals surface area contributed by atoms with Gasteiger partial charge in [-0.25, -0.2) is 0 Å². The number of likely N-dealkylation sites (tertiary alicyclic amines) is 1. The number of carbonyl (C=O) groups excluding carboxylic acids is 2. The van der Waals surface area contributed by atoms with Gasteiger partial charge in [-0.1, -0.05) is 35.9 Å². The highest BCUT2D eigenvalue weighted by Crippen LogP contribution is 2.17. The fraction of sp³-hybridized carbons (Fsp3) is 0.200. The molecular weight excluding hydrogens is 336 g/mol. The SMILES string of the molecule is O=C(/C=C/c1cccc(Cl)c1)Nc1cccc(CN2CCCC2=O)c1. The molecule has 2 aromatic carbocycles. The molecule has 1 saturated heterocycles. The van der Waals surface area contributed by atoms with Crippen LogP contribution in [0.3, 0.4) is 0 Å². The first-order chi connectivity index (χ1) is 12.1. The van der Waals surface area contributed by atoms with E-state index < -0.39 is 0 Å². The Morgan fingerprint density at radius 3 is 2.80 bits per heavy atom. The normalized spacial score (nSPS) is 14.3. The summed E-state index contributed by atoms with van der Waals surface area (Å²) < 4.78 is 0. The molecule has 2 amide bonds. The molecule has 0 bridgehead atoms. The molecule has 0 saturated carbocycles. The van der Waals surface area contributed by atoms with Crippen LogP contribution in [0.1, 0.15) is 24.0 Å². The maximum Gasteiger partial charge on any atom is 0.248 e. The van der Waals surface area contributed by atoms with Crippen molar-refractivity contribution in [3.05, 3.63) is 70.8 Å². The summed E-state index contributed by atoms with van der Waals surface area (Å²) in [7, 11) is 0. The number of halogens is 1. The van der Waals surface area contributed by atoms with E-state index in [1.54, 1.807) is 18.2 Å². The van der Waals surface area contributed by atoms with Crippen LogP contribution in [0, 0.1) is 0 Å². The maximum absolute atomic E-state index is 12.1. The predicted molar refractivity (Wildman–Crippen MR) is 100 cm³/mol. The summed E-state index contributed by atoms with van der Waals surface area (Å²) in [5, 5.41) is 3.47. The summed E-state index contributed by atoms with van der Waals surface area (Å²) in [5.74, 6) is -0.0201. The lowest BCUT2D eigenvalue weighted by Crippen LogP contribution is -2.23. The Hall–Kier alpha value is -2.59. The number of rotatable bonds is 5. The second-order valence-electron chi connectivity index (χ2n) is 6.00. The van der Waals surface area contributed by atoms with E-state index in [1.165, 1.54) is 6.08 Å². The summed E-state index contributed by atoms with van der Waals surface area (Å²) in [4.78, 5) is 25.7. The summed E-state index contributed by atoms with van der Waals surface area (Å²) >= 11 is 5.93. The first-order valence-corrected chi connectivity index (χ1v) is 8.59. The number of amides is 2. The summed E-state index contributed by atoms with van der Waals surface area (Å²) in [6.07, 6.45) is 4.74. The molecule has 0 aromatic heterocycles. The number of carbonyl (C=O) groups is 2. The average molecular weight is 355 g/mol. The highest BCUT2D eigenvalue weighted by molar-refractivity contribution is 6.30. The van der Waals surface area contributed by atoms with E-state index in [4.69, 9.17) is 11.6 Å². The lowest BCUT2D eigenvalue weighted by Gasteiger charge is -2.16. The highest BCUT2D eigenvalue weighted by Gasteiger charge is 2.19. The fourth-order valence-electron chi connectivity index (χ4n) is 2.81. The molecule has 1 aliphatic heterocycles. The molecule has 1 fully saturated rings. The largest absolute Gasteiger partial charge is 0.338 e. The molecule has 0 atom stereocenters. The molecule has 1 N–H and O–H groups in total. The molecular formula is C20H19ClN2O2. The zero-order valence-corrected chi connectivity index (χ0v) is 14.5. The van der Waals surface area contributed by atoms with Gasteiger partial charge < -0.3 is 10.2 Å². The third kappa shape index (κ3) is 4.94. The molecule has 0 unspecified atom stereocenters. The van der Waals surface area contributed by atoms with Crippen molar-refractivity contribution in [3.63, 3.8) is 0 Å². The second kappa shape index (κ2) is 7.99. The lowest BCUT2D eigenvalue weighted by molar-refractivity contribution is -0.128. The van der Waals surface area contributed by atoms with Gasteiger partial charge in [-0.2, -0.15) is 0 Å². The average Bonchev–Trinajstić information content (AvgIpc) is 2.98. The zero-order valence-electron chi connectivity index (χ0n) is 13.7. The van der Waals surface area contributed by atoms with Crippen LogP contribution in [0.25, 0.3) is 6.08 Å². The summed E-state index contributed by atoms with van der Waals surface area (Å²) in [6, 6.07) is 14.9. The molecule has 1 aliphatic rings. The van der Waals surface area contributed by atoms with Gasteiger partial charge in [0, 0.05) is 36.3 Å². The quantitative estimate of drug-likeness (QED) is 0.821. The monoisotopic (exact) mass is 354 g/mol. The van der Waals surface area contributed by atoms with Crippen LogP contribution in [0.4, 0.5) is 5.69 Å². The smallest absolute Gasteiger partial charge is 0.248 e. The highest BCUT2D eigenvalue weighted by atomic mass is 35.5. The number of hydrogen-bond acceptors (Lipinski definition) is 2. The van der Waals surface area contributed by atoms with Crippen LogP contribution in [0.5, 0.6) is 0 Å². The van der Waals surface area contributed by atoms with E-state index in [1.807, 2.05) is 41.3 Å². The Balaban J connectivity index is 1.61. The zero-order chi connectivity index (χ0) is 17.6. The Morgan fingerprint density at radius 1 is 1.20 bits per heavy atom. The van der Waals surface area contributed by atoms with Crippen molar-refractivity contribution >= 4 is 35.2 Å². The van der Waals surface area contributed by atoms with Crippen LogP contribution < -0.4 is 5.32 Å². The van der Waals surface area contributed by atoms with E-state index >= 15 is 0 Å². The Labute approximate surface area is 152 Å². The fourth-order valence-corrected chi connectivity index (χ4v) is 3.00. The Morgan fingerprint density at radius 2 is 2.04 bits per heavy atom. The van der Waals surface area contributed by atoms with E-state index in [0.717, 1.165) is 24.1 Å². The van der Waals surface area contributed by atoms with Crippen molar-refractivity contribution in [1.82, 2.24) is 4.90 Å².